The van der Waals surface area contributed by atoms with Crippen molar-refractivity contribution in [3.8, 4) is 0 Å². The molecule has 0 atom stereocenters. The van der Waals surface area contributed by atoms with Crippen LogP contribution < -0.4 is 0 Å². The van der Waals surface area contributed by atoms with Gasteiger partial charge in [0.05, 0.1) is 17.9 Å². The lowest BCUT2D eigenvalue weighted by Gasteiger charge is -2.14. The van der Waals surface area contributed by atoms with Crippen LogP contribution in [0.3, 0.4) is 0 Å². The summed E-state index contributed by atoms with van der Waals surface area (Å²) in [6, 6.07) is 5.77. The maximum Gasteiger partial charge on any atom is 0.129 e. The molecule has 0 bridgehead atoms. The summed E-state index contributed by atoms with van der Waals surface area (Å²) in [6.45, 7) is 2.84. The highest BCUT2D eigenvalue weighted by molar-refractivity contribution is 6.29. The minimum absolute atomic E-state index is 0.555. The van der Waals surface area contributed by atoms with Gasteiger partial charge >= 0.3 is 0 Å². The van der Waals surface area contributed by atoms with E-state index in [2.05, 4.69) is 21.5 Å². The number of nitrogens with zero attached hydrogens (tertiary/aromatic N) is 3. The Balaban J connectivity index is 1.95. The van der Waals surface area contributed by atoms with Crippen molar-refractivity contribution in [1.29, 1.82) is 0 Å². The molecule has 0 amide bonds. The summed E-state index contributed by atoms with van der Waals surface area (Å²) >= 11 is 5.93. The zero-order chi connectivity index (χ0) is 12.5. The van der Waals surface area contributed by atoms with Gasteiger partial charge in [0.1, 0.15) is 11.0 Å². The summed E-state index contributed by atoms with van der Waals surface area (Å²) in [5.41, 5.74) is 3.66. The van der Waals surface area contributed by atoms with Crippen molar-refractivity contribution in [2.75, 3.05) is 0 Å². The standard InChI is InChI=1S/C14H16ClN3/c1-10-16-12-6-2-3-7-13(12)18(10)9-11-5-4-8-14(15)17-11/h4-5,8H,2-3,6-7,9H2,1H3. The number of aromatic nitrogens is 3. The van der Waals surface area contributed by atoms with E-state index in [1.54, 1.807) is 6.07 Å². The number of pyridine rings is 1. The summed E-state index contributed by atoms with van der Waals surface area (Å²) < 4.78 is 2.28. The molecule has 94 valence electrons. The number of fused-ring (bicyclic) bond motifs is 1. The van der Waals surface area contributed by atoms with Gasteiger partial charge in [-0.25, -0.2) is 9.97 Å². The van der Waals surface area contributed by atoms with E-state index in [1.807, 2.05) is 12.1 Å². The van der Waals surface area contributed by atoms with Crippen LogP contribution in [0.15, 0.2) is 18.2 Å². The Morgan fingerprint density at radius 2 is 2.06 bits per heavy atom. The highest BCUT2D eigenvalue weighted by atomic mass is 35.5. The molecule has 2 aromatic rings. The van der Waals surface area contributed by atoms with Crippen LogP contribution in [-0.4, -0.2) is 14.5 Å². The van der Waals surface area contributed by atoms with Crippen LogP contribution in [0.25, 0.3) is 0 Å². The largest absolute Gasteiger partial charge is 0.326 e. The third-order valence-electron chi connectivity index (χ3n) is 3.52. The summed E-state index contributed by atoms with van der Waals surface area (Å²) in [6.07, 6.45) is 4.78. The molecule has 0 aliphatic heterocycles. The van der Waals surface area contributed by atoms with E-state index in [-0.39, 0.29) is 0 Å². The topological polar surface area (TPSA) is 30.7 Å². The van der Waals surface area contributed by atoms with Crippen molar-refractivity contribution in [3.63, 3.8) is 0 Å². The second kappa shape index (κ2) is 4.73. The number of hydrogen-bond donors (Lipinski definition) is 0. The van der Waals surface area contributed by atoms with Gasteiger partial charge in [-0.1, -0.05) is 17.7 Å². The molecule has 0 aromatic carbocycles. The molecule has 3 nitrogen and oxygen atoms in total. The normalized spacial score (nSPS) is 14.6. The Hall–Kier alpha value is -1.35. The van der Waals surface area contributed by atoms with Gasteiger partial charge < -0.3 is 4.57 Å². The first-order chi connectivity index (χ1) is 8.74. The number of hydrogen-bond acceptors (Lipinski definition) is 2. The van der Waals surface area contributed by atoms with Gasteiger partial charge in [0, 0.05) is 5.69 Å². The highest BCUT2D eigenvalue weighted by Crippen LogP contribution is 2.22. The van der Waals surface area contributed by atoms with E-state index in [0.717, 1.165) is 30.9 Å². The van der Waals surface area contributed by atoms with Gasteiger partial charge in [-0.05, 0) is 44.7 Å². The number of rotatable bonds is 2. The number of aryl methyl sites for hydroxylation is 2. The van der Waals surface area contributed by atoms with E-state index < -0.39 is 0 Å². The quantitative estimate of drug-likeness (QED) is 0.778. The van der Waals surface area contributed by atoms with E-state index in [4.69, 9.17) is 11.6 Å². The van der Waals surface area contributed by atoms with Gasteiger partial charge in [0.2, 0.25) is 0 Å². The molecule has 0 saturated heterocycles. The first-order valence-corrected chi connectivity index (χ1v) is 6.78. The van der Waals surface area contributed by atoms with E-state index in [1.165, 1.54) is 24.2 Å². The van der Waals surface area contributed by atoms with Gasteiger partial charge in [-0.2, -0.15) is 0 Å². The highest BCUT2D eigenvalue weighted by Gasteiger charge is 2.18. The zero-order valence-electron chi connectivity index (χ0n) is 10.5. The van der Waals surface area contributed by atoms with Crippen molar-refractivity contribution < 1.29 is 0 Å². The monoisotopic (exact) mass is 261 g/mol. The average Bonchev–Trinajstić information content (AvgIpc) is 2.66. The van der Waals surface area contributed by atoms with Crippen molar-refractivity contribution in [1.82, 2.24) is 14.5 Å². The molecule has 2 aromatic heterocycles. The van der Waals surface area contributed by atoms with E-state index in [9.17, 15) is 0 Å². The van der Waals surface area contributed by atoms with Crippen molar-refractivity contribution in [2.24, 2.45) is 0 Å². The lowest BCUT2D eigenvalue weighted by molar-refractivity contribution is 0.620. The van der Waals surface area contributed by atoms with E-state index in [0.29, 0.717) is 5.15 Å². The minimum Gasteiger partial charge on any atom is -0.326 e. The smallest absolute Gasteiger partial charge is 0.129 e. The molecule has 18 heavy (non-hydrogen) atoms. The summed E-state index contributed by atoms with van der Waals surface area (Å²) in [4.78, 5) is 9.03. The second-order valence-corrected chi connectivity index (χ2v) is 5.18. The average molecular weight is 262 g/mol. The van der Waals surface area contributed by atoms with E-state index >= 15 is 0 Å². The van der Waals surface area contributed by atoms with Gasteiger partial charge in [0.25, 0.3) is 0 Å². The van der Waals surface area contributed by atoms with Crippen LogP contribution >= 0.6 is 11.6 Å². The summed E-state index contributed by atoms with van der Waals surface area (Å²) in [5, 5.41) is 0.555. The van der Waals surface area contributed by atoms with Crippen LogP contribution in [0, 0.1) is 6.92 Å². The molecule has 0 saturated carbocycles. The Kier molecular flexibility index (Phi) is 3.08. The molecule has 0 unspecified atom stereocenters. The van der Waals surface area contributed by atoms with Crippen molar-refractivity contribution in [2.45, 2.75) is 39.2 Å². The molecule has 4 heteroatoms. The third-order valence-corrected chi connectivity index (χ3v) is 3.73. The maximum absolute atomic E-state index is 5.93. The summed E-state index contributed by atoms with van der Waals surface area (Å²) in [5.74, 6) is 1.09. The van der Waals surface area contributed by atoms with Crippen LogP contribution in [-0.2, 0) is 19.4 Å². The Labute approximate surface area is 112 Å². The second-order valence-electron chi connectivity index (χ2n) is 4.80. The Bertz CT molecular complexity index is 574. The lowest BCUT2D eigenvalue weighted by atomic mass is 10.0. The molecular weight excluding hydrogens is 246 g/mol. The SMILES string of the molecule is Cc1nc2c(n1Cc1cccc(Cl)n1)CCCC2. The molecule has 3 rings (SSSR count). The molecule has 0 fully saturated rings. The molecule has 0 N–H and O–H groups in total. The zero-order valence-corrected chi connectivity index (χ0v) is 11.2. The maximum atomic E-state index is 5.93. The molecular formula is C14H16ClN3. The fourth-order valence-corrected chi connectivity index (χ4v) is 2.83. The van der Waals surface area contributed by atoms with Gasteiger partial charge in [0.15, 0.2) is 0 Å². The first-order valence-electron chi connectivity index (χ1n) is 6.40. The van der Waals surface area contributed by atoms with Crippen molar-refractivity contribution in [3.05, 3.63) is 46.3 Å². The number of halogens is 1. The summed E-state index contributed by atoms with van der Waals surface area (Å²) in [7, 11) is 0. The fraction of sp³-hybridized carbons (Fsp3) is 0.429. The Morgan fingerprint density at radius 1 is 1.22 bits per heavy atom. The van der Waals surface area contributed by atoms with Gasteiger partial charge in [-0.15, -0.1) is 0 Å². The Morgan fingerprint density at radius 3 is 2.89 bits per heavy atom. The van der Waals surface area contributed by atoms with Crippen molar-refractivity contribution >= 4 is 11.6 Å². The number of imidazole rings is 1. The molecule has 2 heterocycles. The van der Waals surface area contributed by atoms with Crippen LogP contribution in [0.2, 0.25) is 5.15 Å². The van der Waals surface area contributed by atoms with Gasteiger partial charge in [-0.3, -0.25) is 0 Å². The lowest BCUT2D eigenvalue weighted by Crippen LogP contribution is -2.11. The van der Waals surface area contributed by atoms with Crippen LogP contribution in [0.5, 0.6) is 0 Å². The molecule has 0 spiro atoms. The molecule has 0 radical (unpaired) electrons. The molecule has 1 aliphatic rings. The molecule has 1 aliphatic carbocycles. The van der Waals surface area contributed by atoms with Crippen LogP contribution in [0.1, 0.15) is 35.7 Å². The van der Waals surface area contributed by atoms with Crippen LogP contribution in [0.4, 0.5) is 0 Å². The fourth-order valence-electron chi connectivity index (χ4n) is 2.65. The first kappa shape index (κ1) is 11.7. The third kappa shape index (κ3) is 2.15. The predicted octanol–water partition coefficient (Wildman–Crippen LogP) is 3.17. The predicted molar refractivity (Wildman–Crippen MR) is 72.0 cm³/mol. The minimum atomic E-state index is 0.555.